The van der Waals surface area contributed by atoms with Crippen LogP contribution in [0.1, 0.15) is 61.8 Å². The highest BCUT2D eigenvalue weighted by molar-refractivity contribution is 6.08. The second-order valence-electron chi connectivity index (χ2n) is 12.1. The predicted molar refractivity (Wildman–Crippen MR) is 145 cm³/mol. The molecule has 1 N–H and O–H groups in total. The molecular weight excluding hydrogens is 494 g/mol. The number of ether oxygens (including phenoxy) is 2. The van der Waals surface area contributed by atoms with Crippen LogP contribution in [0.15, 0.2) is 71.6 Å². The van der Waals surface area contributed by atoms with Crippen LogP contribution in [-0.2, 0) is 19.7 Å². The smallest absolute Gasteiger partial charge is 0.294 e. The van der Waals surface area contributed by atoms with E-state index in [9.17, 15) is 9.59 Å². The first-order chi connectivity index (χ1) is 18.7. The van der Waals surface area contributed by atoms with E-state index in [0.717, 1.165) is 12.0 Å². The van der Waals surface area contributed by atoms with Crippen molar-refractivity contribution in [2.24, 2.45) is 17.8 Å². The maximum atomic E-state index is 14.3. The molecule has 1 aromatic carbocycles. The fraction of sp³-hybridized carbons (Fsp3) is 0.452. The Morgan fingerprint density at radius 2 is 1.85 bits per heavy atom. The van der Waals surface area contributed by atoms with E-state index >= 15 is 0 Å². The number of hydrogen-bond donors (Lipinski definition) is 1. The zero-order valence-electron chi connectivity index (χ0n) is 22.8. The van der Waals surface area contributed by atoms with Crippen LogP contribution in [0, 0.1) is 17.8 Å². The van der Waals surface area contributed by atoms with Gasteiger partial charge in [0.15, 0.2) is 11.5 Å². The van der Waals surface area contributed by atoms with E-state index < -0.39 is 17.7 Å². The number of fused-ring (bicyclic) bond motifs is 1. The minimum Gasteiger partial charge on any atom is -0.459 e. The molecule has 204 valence electrons. The number of aromatic nitrogens is 1. The van der Waals surface area contributed by atoms with Crippen molar-refractivity contribution >= 4 is 17.5 Å². The fourth-order valence-electron chi connectivity index (χ4n) is 6.48. The van der Waals surface area contributed by atoms with Gasteiger partial charge < -0.3 is 19.2 Å². The number of nitrogens with zero attached hydrogens (tertiary/aromatic N) is 2. The standard InChI is InChI=1S/C31H35N3O5/c1-30(2,3)21-9-11-22(12-10-21)34(29(36)25-8-6-14-37-25)27(19-7-5-13-32-16-19)28(35)33-26-20-15-24-23(26)18-39-31(24,4)38-17-20/h5-14,16,20,23-24,26-27H,15,17-18H2,1-4H3,(H,33,35)/t20?,23?,24?,26-,27?,31-/m0/s1. The number of anilines is 1. The van der Waals surface area contributed by atoms with E-state index in [4.69, 9.17) is 13.9 Å². The first-order valence-electron chi connectivity index (χ1n) is 13.6. The third-order valence-electron chi connectivity index (χ3n) is 8.64. The first kappa shape index (κ1) is 25.8. The molecule has 2 aliphatic heterocycles. The number of hydrogen-bond acceptors (Lipinski definition) is 6. The number of nitrogens with one attached hydrogen (secondary N) is 1. The molecule has 2 bridgehead atoms. The van der Waals surface area contributed by atoms with Gasteiger partial charge in [0.25, 0.3) is 5.91 Å². The number of rotatable bonds is 6. The minimum atomic E-state index is -0.966. The Balaban J connectivity index is 1.39. The average Bonchev–Trinajstić information content (AvgIpc) is 3.64. The summed E-state index contributed by atoms with van der Waals surface area (Å²) in [5.74, 6) is -0.492. The third-order valence-corrected chi connectivity index (χ3v) is 8.64. The Labute approximate surface area is 228 Å². The van der Waals surface area contributed by atoms with Crippen molar-refractivity contribution in [3.63, 3.8) is 0 Å². The van der Waals surface area contributed by atoms with Gasteiger partial charge in [0.1, 0.15) is 6.04 Å². The normalized spacial score (nSPS) is 28.2. The number of benzene rings is 1. The number of carbonyl (C=O) groups is 2. The lowest BCUT2D eigenvalue weighted by molar-refractivity contribution is -0.243. The van der Waals surface area contributed by atoms with Crippen molar-refractivity contribution in [1.82, 2.24) is 10.3 Å². The van der Waals surface area contributed by atoms with Gasteiger partial charge in [-0.2, -0.15) is 0 Å². The predicted octanol–water partition coefficient (Wildman–Crippen LogP) is 4.87. The van der Waals surface area contributed by atoms with Gasteiger partial charge in [-0.15, -0.1) is 0 Å². The van der Waals surface area contributed by atoms with Gasteiger partial charge in [0.2, 0.25) is 5.91 Å². The molecule has 2 aromatic heterocycles. The molecule has 0 spiro atoms. The molecule has 4 heterocycles. The van der Waals surface area contributed by atoms with Crippen LogP contribution in [0.4, 0.5) is 5.69 Å². The largest absolute Gasteiger partial charge is 0.459 e. The molecule has 39 heavy (non-hydrogen) atoms. The molecule has 4 unspecified atom stereocenters. The van der Waals surface area contributed by atoms with Crippen LogP contribution >= 0.6 is 0 Å². The zero-order chi connectivity index (χ0) is 27.4. The van der Waals surface area contributed by atoms with Crippen LogP contribution < -0.4 is 10.2 Å². The molecule has 3 aliphatic rings. The second-order valence-corrected chi connectivity index (χ2v) is 12.1. The Morgan fingerprint density at radius 3 is 2.51 bits per heavy atom. The molecule has 0 radical (unpaired) electrons. The summed E-state index contributed by atoms with van der Waals surface area (Å²) in [5.41, 5.74) is 2.27. The van der Waals surface area contributed by atoms with Gasteiger partial charge in [0, 0.05) is 47.4 Å². The minimum absolute atomic E-state index is 0.0608. The molecule has 1 aliphatic carbocycles. The van der Waals surface area contributed by atoms with Crippen LogP contribution in [-0.4, -0.2) is 41.8 Å². The molecule has 2 amide bonds. The van der Waals surface area contributed by atoms with E-state index in [2.05, 4.69) is 31.1 Å². The molecule has 8 nitrogen and oxygen atoms in total. The lowest BCUT2D eigenvalue weighted by atomic mass is 9.87. The molecule has 6 atom stereocenters. The molecule has 1 saturated carbocycles. The fourth-order valence-corrected chi connectivity index (χ4v) is 6.48. The zero-order valence-corrected chi connectivity index (χ0v) is 22.8. The topological polar surface area (TPSA) is 93.9 Å². The van der Waals surface area contributed by atoms with Gasteiger partial charge in [-0.25, -0.2) is 0 Å². The van der Waals surface area contributed by atoms with Crippen LogP contribution in [0.3, 0.4) is 0 Å². The maximum absolute atomic E-state index is 14.3. The molecular formula is C31H35N3O5. The van der Waals surface area contributed by atoms with Gasteiger partial charge >= 0.3 is 0 Å². The van der Waals surface area contributed by atoms with E-state index in [-0.39, 0.29) is 40.9 Å². The Morgan fingerprint density at radius 1 is 1.08 bits per heavy atom. The highest BCUT2D eigenvalue weighted by atomic mass is 16.7. The Bertz CT molecular complexity index is 1330. The number of pyridine rings is 1. The van der Waals surface area contributed by atoms with E-state index in [1.165, 1.54) is 11.2 Å². The van der Waals surface area contributed by atoms with Crippen molar-refractivity contribution in [2.75, 3.05) is 18.1 Å². The van der Waals surface area contributed by atoms with Gasteiger partial charge in [0.05, 0.1) is 19.5 Å². The summed E-state index contributed by atoms with van der Waals surface area (Å²) in [6.45, 7) is 9.50. The second kappa shape index (κ2) is 9.61. The quantitative estimate of drug-likeness (QED) is 0.490. The lowest BCUT2D eigenvalue weighted by Gasteiger charge is -2.36. The van der Waals surface area contributed by atoms with Crippen LogP contribution in [0.5, 0.6) is 0 Å². The van der Waals surface area contributed by atoms with Crippen molar-refractivity contribution in [3.05, 3.63) is 84.1 Å². The van der Waals surface area contributed by atoms with E-state index in [1.54, 1.807) is 30.6 Å². The summed E-state index contributed by atoms with van der Waals surface area (Å²) in [4.78, 5) is 34.1. The average molecular weight is 530 g/mol. The molecule has 6 rings (SSSR count). The summed E-state index contributed by atoms with van der Waals surface area (Å²) in [6.07, 6.45) is 5.71. The summed E-state index contributed by atoms with van der Waals surface area (Å²) in [6, 6.07) is 13.6. The summed E-state index contributed by atoms with van der Waals surface area (Å²) < 4.78 is 17.6. The monoisotopic (exact) mass is 529 g/mol. The summed E-state index contributed by atoms with van der Waals surface area (Å²) >= 11 is 0. The Hall–Kier alpha value is -3.49. The summed E-state index contributed by atoms with van der Waals surface area (Å²) in [5, 5.41) is 3.33. The SMILES string of the molecule is CC(C)(C)c1ccc(N(C(=O)c2ccco2)C(C(=O)N[C@H]2C3CO[C@@]4(C)OCC2C4C3)c2cccnc2)cc1. The van der Waals surface area contributed by atoms with Crippen molar-refractivity contribution in [1.29, 1.82) is 0 Å². The van der Waals surface area contributed by atoms with Crippen molar-refractivity contribution in [3.8, 4) is 0 Å². The molecule has 3 aromatic rings. The van der Waals surface area contributed by atoms with Crippen LogP contribution in [0.2, 0.25) is 0 Å². The third kappa shape index (κ3) is 4.55. The highest BCUT2D eigenvalue weighted by Crippen LogP contribution is 2.53. The molecule has 8 heteroatoms. The lowest BCUT2D eigenvalue weighted by Crippen LogP contribution is -2.50. The van der Waals surface area contributed by atoms with E-state index in [0.29, 0.717) is 24.5 Å². The Kier molecular flexibility index (Phi) is 6.35. The number of amides is 2. The number of carbonyl (C=O) groups excluding carboxylic acids is 2. The van der Waals surface area contributed by atoms with Crippen molar-refractivity contribution < 1.29 is 23.5 Å². The van der Waals surface area contributed by atoms with Crippen LogP contribution in [0.25, 0.3) is 0 Å². The first-order valence-corrected chi connectivity index (χ1v) is 13.6. The molecule has 2 saturated heterocycles. The summed E-state index contributed by atoms with van der Waals surface area (Å²) in [7, 11) is 0. The van der Waals surface area contributed by atoms with E-state index in [1.807, 2.05) is 37.3 Å². The van der Waals surface area contributed by atoms with Gasteiger partial charge in [-0.05, 0) is 54.7 Å². The molecule has 3 fully saturated rings. The van der Waals surface area contributed by atoms with Gasteiger partial charge in [-0.3, -0.25) is 19.5 Å². The highest BCUT2D eigenvalue weighted by Gasteiger charge is 2.61. The maximum Gasteiger partial charge on any atom is 0.294 e. The van der Waals surface area contributed by atoms with Gasteiger partial charge in [-0.1, -0.05) is 39.0 Å². The van der Waals surface area contributed by atoms with Crippen molar-refractivity contribution in [2.45, 2.75) is 57.4 Å². The number of furan rings is 1.